The third-order valence-corrected chi connectivity index (χ3v) is 8.82. The molecule has 3 aromatic carbocycles. The monoisotopic (exact) mass is 639 g/mol. The average Bonchev–Trinajstić information content (AvgIpc) is 2.94. The van der Waals surface area contributed by atoms with Gasteiger partial charge in [-0.1, -0.05) is 13.8 Å². The van der Waals surface area contributed by atoms with Crippen molar-refractivity contribution in [3.8, 4) is 17.2 Å². The predicted octanol–water partition coefficient (Wildman–Crippen LogP) is 9.50. The molecule has 9 nitrogen and oxygen atoms in total. The molecule has 3 aromatic rings. The fourth-order valence-corrected chi connectivity index (χ4v) is 5.58. The van der Waals surface area contributed by atoms with Gasteiger partial charge in [-0.2, -0.15) is 0 Å². The molecule has 0 amide bonds. The Labute approximate surface area is 268 Å². The van der Waals surface area contributed by atoms with Crippen LogP contribution >= 0.6 is 0 Å². The quantitative estimate of drug-likeness (QED) is 0.0927. The van der Waals surface area contributed by atoms with Crippen LogP contribution in [0.25, 0.3) is 0 Å². The van der Waals surface area contributed by atoms with Crippen molar-refractivity contribution in [2.75, 3.05) is 0 Å². The van der Waals surface area contributed by atoms with Crippen molar-refractivity contribution in [3.63, 3.8) is 0 Å². The molecule has 0 spiro atoms. The molecule has 0 saturated heterocycles. The highest BCUT2D eigenvalue weighted by molar-refractivity contribution is 7.97. The molecule has 0 saturated carbocycles. The summed E-state index contributed by atoms with van der Waals surface area (Å²) >= 11 is 0. The molecule has 0 atom stereocenters. The summed E-state index contributed by atoms with van der Waals surface area (Å²) in [5.74, 6) is 1.03. The third-order valence-electron chi connectivity index (χ3n) is 6.59. The van der Waals surface area contributed by atoms with Crippen LogP contribution in [0.2, 0.25) is 0 Å². The van der Waals surface area contributed by atoms with Crippen LogP contribution in [0.5, 0.6) is 17.2 Å². The molecule has 45 heavy (non-hydrogen) atoms. The van der Waals surface area contributed by atoms with Crippen molar-refractivity contribution in [3.05, 3.63) is 72.8 Å². The zero-order valence-electron chi connectivity index (χ0n) is 27.4. The van der Waals surface area contributed by atoms with E-state index < -0.39 is 46.2 Å². The Kier molecular flexibility index (Phi) is 11.6. The maximum atomic E-state index is 12.3. The van der Waals surface area contributed by atoms with Gasteiger partial charge < -0.3 is 28.4 Å². The van der Waals surface area contributed by atoms with E-state index in [0.717, 1.165) is 14.7 Å². The van der Waals surface area contributed by atoms with E-state index in [2.05, 4.69) is 0 Å². The van der Waals surface area contributed by atoms with Crippen LogP contribution in [0.15, 0.2) is 87.5 Å². The van der Waals surface area contributed by atoms with Gasteiger partial charge in [0, 0.05) is 0 Å². The van der Waals surface area contributed by atoms with Gasteiger partial charge in [-0.15, -0.1) is 0 Å². The molecular formula is C35H43O9S+. The summed E-state index contributed by atoms with van der Waals surface area (Å²) in [4.78, 5) is 39.5. The van der Waals surface area contributed by atoms with Crippen LogP contribution in [-0.4, -0.2) is 35.3 Å². The second-order valence-corrected chi connectivity index (χ2v) is 14.4. The van der Waals surface area contributed by atoms with Gasteiger partial charge in [0.25, 0.3) is 0 Å². The first-order chi connectivity index (χ1) is 21.0. The van der Waals surface area contributed by atoms with E-state index in [1.807, 2.05) is 77.9 Å². The number of ether oxygens (including phenoxy) is 6. The van der Waals surface area contributed by atoms with E-state index >= 15 is 0 Å². The Morgan fingerprint density at radius 1 is 0.489 bits per heavy atom. The SMILES string of the molecule is CCC(C)(C)OC(=O)Oc1ccc([S+](c2ccc(OC(=O)OC(C)(C)C)cc2)c2ccc(OC(=O)OC(C)(C)CC)cc2)cc1. The fraction of sp³-hybridized carbons (Fsp3) is 0.400. The molecule has 242 valence electrons. The molecular weight excluding hydrogens is 596 g/mol. The minimum Gasteiger partial charge on any atom is -0.428 e. The summed E-state index contributed by atoms with van der Waals surface area (Å²) in [6.07, 6.45) is -1.04. The highest BCUT2D eigenvalue weighted by atomic mass is 32.2. The van der Waals surface area contributed by atoms with Crippen molar-refractivity contribution >= 4 is 29.4 Å². The van der Waals surface area contributed by atoms with Gasteiger partial charge in [0.05, 0.1) is 10.9 Å². The summed E-state index contributed by atoms with van der Waals surface area (Å²) in [5.41, 5.74) is -1.95. The van der Waals surface area contributed by atoms with Crippen LogP contribution in [0, 0.1) is 0 Å². The molecule has 0 heterocycles. The van der Waals surface area contributed by atoms with Crippen molar-refractivity contribution in [1.29, 1.82) is 0 Å². The Morgan fingerprint density at radius 3 is 1.00 bits per heavy atom. The van der Waals surface area contributed by atoms with Gasteiger partial charge in [-0.25, -0.2) is 14.4 Å². The Balaban J connectivity index is 1.87. The number of hydrogen-bond acceptors (Lipinski definition) is 9. The number of carbonyl (C=O) groups excluding carboxylic acids is 3. The third kappa shape index (κ3) is 11.4. The lowest BCUT2D eigenvalue weighted by atomic mass is 10.1. The lowest BCUT2D eigenvalue weighted by Gasteiger charge is -2.22. The van der Waals surface area contributed by atoms with Gasteiger partial charge in [-0.05, 0) is 134 Å². The van der Waals surface area contributed by atoms with E-state index in [1.54, 1.807) is 57.2 Å². The topological polar surface area (TPSA) is 107 Å². The van der Waals surface area contributed by atoms with Crippen LogP contribution in [-0.2, 0) is 25.1 Å². The number of hydrogen-bond donors (Lipinski definition) is 0. The lowest BCUT2D eigenvalue weighted by molar-refractivity contribution is 0.00590. The van der Waals surface area contributed by atoms with Gasteiger partial charge in [0.2, 0.25) is 0 Å². The number of carbonyl (C=O) groups is 3. The van der Waals surface area contributed by atoms with Gasteiger partial charge >= 0.3 is 18.5 Å². The lowest BCUT2D eigenvalue weighted by Crippen LogP contribution is -2.28. The van der Waals surface area contributed by atoms with Crippen molar-refractivity contribution < 1.29 is 42.8 Å². The van der Waals surface area contributed by atoms with E-state index in [-0.39, 0.29) is 0 Å². The summed E-state index contributed by atoms with van der Waals surface area (Å²) in [7, 11) is -0.643. The first kappa shape index (κ1) is 35.3. The molecule has 0 aromatic heterocycles. The Bertz CT molecular complexity index is 1360. The normalized spacial score (nSPS) is 11.9. The maximum absolute atomic E-state index is 12.3. The fourth-order valence-electron chi connectivity index (χ4n) is 3.54. The van der Waals surface area contributed by atoms with Crippen molar-refractivity contribution in [2.45, 2.75) is 107 Å². The molecule has 0 aliphatic heterocycles. The Hall–Kier alpha value is -4.18. The minimum atomic E-state index is -0.790. The summed E-state index contributed by atoms with van der Waals surface area (Å²) in [5, 5.41) is 0. The Morgan fingerprint density at radius 2 is 0.756 bits per heavy atom. The molecule has 3 rings (SSSR count). The largest absolute Gasteiger partial charge is 0.514 e. The molecule has 0 fully saturated rings. The first-order valence-corrected chi connectivity index (χ1v) is 16.0. The van der Waals surface area contributed by atoms with Crippen LogP contribution in [0.3, 0.4) is 0 Å². The zero-order chi connectivity index (χ0) is 33.4. The molecule has 0 aliphatic rings. The van der Waals surface area contributed by atoms with E-state index in [1.165, 1.54) is 0 Å². The zero-order valence-corrected chi connectivity index (χ0v) is 28.2. The summed E-state index contributed by atoms with van der Waals surface area (Å²) in [6.45, 7) is 16.4. The van der Waals surface area contributed by atoms with E-state index in [9.17, 15) is 14.4 Å². The van der Waals surface area contributed by atoms with Gasteiger partial charge in [0.15, 0.2) is 14.7 Å². The van der Waals surface area contributed by atoms with Crippen LogP contribution < -0.4 is 14.2 Å². The molecule has 0 bridgehead atoms. The second kappa shape index (κ2) is 14.7. The number of rotatable bonds is 10. The van der Waals surface area contributed by atoms with E-state index in [0.29, 0.717) is 30.1 Å². The van der Waals surface area contributed by atoms with Crippen molar-refractivity contribution in [2.24, 2.45) is 0 Å². The summed E-state index contributed by atoms with van der Waals surface area (Å²) in [6, 6.07) is 21.4. The van der Waals surface area contributed by atoms with E-state index in [4.69, 9.17) is 28.4 Å². The molecule has 0 unspecified atom stereocenters. The maximum Gasteiger partial charge on any atom is 0.514 e. The van der Waals surface area contributed by atoms with Crippen LogP contribution in [0.1, 0.15) is 75.2 Å². The molecule has 0 radical (unpaired) electrons. The smallest absolute Gasteiger partial charge is 0.428 e. The summed E-state index contributed by atoms with van der Waals surface area (Å²) < 4.78 is 32.2. The standard InChI is InChI=1S/C35H43O9S/c1-10-34(6,7)43-31(37)40-25-14-20-28(21-15-25)45(27-18-12-24(13-19-27)39-30(36)42-33(3,4)5)29-22-16-26(17-23-29)41-32(38)44-35(8,9)11-2/h12-23H,10-11H2,1-9H3/q+1. The van der Waals surface area contributed by atoms with Crippen LogP contribution in [0.4, 0.5) is 14.4 Å². The average molecular weight is 640 g/mol. The minimum absolute atomic E-state index is 0.339. The molecule has 10 heteroatoms. The highest BCUT2D eigenvalue weighted by Crippen LogP contribution is 2.34. The molecule has 0 N–H and O–H groups in total. The number of benzene rings is 3. The van der Waals surface area contributed by atoms with Crippen molar-refractivity contribution in [1.82, 2.24) is 0 Å². The van der Waals surface area contributed by atoms with Gasteiger partial charge in [-0.3, -0.25) is 0 Å². The van der Waals surface area contributed by atoms with Gasteiger partial charge in [0.1, 0.15) is 34.1 Å². The molecule has 0 aliphatic carbocycles. The first-order valence-electron chi connectivity index (χ1n) is 14.8. The predicted molar refractivity (Wildman–Crippen MR) is 171 cm³/mol. The highest BCUT2D eigenvalue weighted by Gasteiger charge is 2.30. The second-order valence-electron chi connectivity index (χ2n) is 12.4.